The summed E-state index contributed by atoms with van der Waals surface area (Å²) in [7, 11) is 0. The largest absolute Gasteiger partial charge is 0.480 e. The van der Waals surface area contributed by atoms with Crippen molar-refractivity contribution in [2.45, 2.75) is 40.0 Å². The normalized spacial score (nSPS) is 17.1. The first-order valence-electron chi connectivity index (χ1n) is 4.69. The summed E-state index contributed by atoms with van der Waals surface area (Å²) in [6.45, 7) is 5.59. The number of rotatable bonds is 5. The average Bonchev–Trinajstić information content (AvgIpc) is 2.07. The lowest BCUT2D eigenvalue weighted by Gasteiger charge is -2.26. The van der Waals surface area contributed by atoms with Gasteiger partial charge in [-0.15, -0.1) is 0 Å². The highest BCUT2D eigenvalue weighted by Gasteiger charge is 2.41. The van der Waals surface area contributed by atoms with E-state index >= 15 is 0 Å². The molecule has 0 saturated heterocycles. The molecule has 2 atom stereocenters. The zero-order chi connectivity index (χ0) is 10.5. The Labute approximate surface area is 79.4 Å². The van der Waals surface area contributed by atoms with Gasteiger partial charge in [0.15, 0.2) is 5.41 Å². The van der Waals surface area contributed by atoms with Crippen LogP contribution in [0.25, 0.3) is 0 Å². The third-order valence-corrected chi connectivity index (χ3v) is 2.70. The van der Waals surface area contributed by atoms with E-state index in [-0.39, 0.29) is 5.92 Å². The number of nitriles is 1. The van der Waals surface area contributed by atoms with Gasteiger partial charge in [-0.1, -0.05) is 27.2 Å². The van der Waals surface area contributed by atoms with Crippen LogP contribution in [0, 0.1) is 22.7 Å². The van der Waals surface area contributed by atoms with E-state index in [1.54, 1.807) is 6.92 Å². The molecule has 0 aromatic rings. The topological polar surface area (TPSA) is 61.1 Å². The Morgan fingerprint density at radius 1 is 1.62 bits per heavy atom. The molecule has 3 nitrogen and oxygen atoms in total. The Bertz CT molecular complexity index is 219. The molecule has 3 heteroatoms. The Balaban J connectivity index is 4.78. The van der Waals surface area contributed by atoms with E-state index in [0.29, 0.717) is 6.42 Å². The van der Waals surface area contributed by atoms with Crippen molar-refractivity contribution < 1.29 is 9.90 Å². The molecule has 0 radical (unpaired) electrons. The minimum atomic E-state index is -1.18. The van der Waals surface area contributed by atoms with E-state index in [2.05, 4.69) is 0 Å². The molecular weight excluding hydrogens is 166 g/mol. The predicted octanol–water partition coefficient (Wildman–Crippen LogP) is 2.43. The molecule has 0 aliphatic heterocycles. The molecule has 0 spiro atoms. The van der Waals surface area contributed by atoms with Crippen LogP contribution in [0.4, 0.5) is 0 Å². The van der Waals surface area contributed by atoms with Crippen molar-refractivity contribution in [2.24, 2.45) is 11.3 Å². The van der Waals surface area contributed by atoms with Crippen LogP contribution >= 0.6 is 0 Å². The van der Waals surface area contributed by atoms with E-state index in [9.17, 15) is 4.79 Å². The van der Waals surface area contributed by atoms with Crippen LogP contribution < -0.4 is 0 Å². The van der Waals surface area contributed by atoms with Crippen molar-refractivity contribution >= 4 is 5.97 Å². The molecule has 0 saturated carbocycles. The lowest BCUT2D eigenvalue weighted by Crippen LogP contribution is -2.35. The van der Waals surface area contributed by atoms with Gasteiger partial charge < -0.3 is 5.11 Å². The lowest BCUT2D eigenvalue weighted by molar-refractivity contribution is -0.148. The molecular formula is C10H17NO2. The maximum absolute atomic E-state index is 11.0. The predicted molar refractivity (Wildman–Crippen MR) is 50.0 cm³/mol. The molecule has 0 rings (SSSR count). The molecule has 0 fully saturated rings. The molecule has 13 heavy (non-hydrogen) atoms. The summed E-state index contributed by atoms with van der Waals surface area (Å²) in [6, 6.07) is 1.95. The molecule has 0 aliphatic carbocycles. The molecule has 0 heterocycles. The fourth-order valence-corrected chi connectivity index (χ4v) is 1.63. The molecule has 74 valence electrons. The van der Waals surface area contributed by atoms with E-state index < -0.39 is 11.4 Å². The number of hydrogen-bond acceptors (Lipinski definition) is 2. The van der Waals surface area contributed by atoms with Crippen molar-refractivity contribution in [3.05, 3.63) is 0 Å². The van der Waals surface area contributed by atoms with Gasteiger partial charge in [-0.25, -0.2) is 0 Å². The van der Waals surface area contributed by atoms with E-state index in [4.69, 9.17) is 10.4 Å². The van der Waals surface area contributed by atoms with Gasteiger partial charge in [0.2, 0.25) is 0 Å². The summed E-state index contributed by atoms with van der Waals surface area (Å²) in [5, 5.41) is 17.9. The highest BCUT2D eigenvalue weighted by molar-refractivity contribution is 5.78. The van der Waals surface area contributed by atoms with Crippen molar-refractivity contribution in [3.8, 4) is 6.07 Å². The second kappa shape index (κ2) is 4.86. The molecule has 0 aromatic heterocycles. The van der Waals surface area contributed by atoms with E-state index in [1.807, 2.05) is 19.9 Å². The maximum Gasteiger partial charge on any atom is 0.324 e. The van der Waals surface area contributed by atoms with Crippen molar-refractivity contribution in [2.75, 3.05) is 0 Å². The molecule has 2 unspecified atom stereocenters. The lowest BCUT2D eigenvalue weighted by atomic mass is 9.73. The third kappa shape index (κ3) is 2.21. The highest BCUT2D eigenvalue weighted by atomic mass is 16.4. The first-order valence-corrected chi connectivity index (χ1v) is 4.69. The maximum atomic E-state index is 11.0. The molecule has 0 amide bonds. The zero-order valence-electron chi connectivity index (χ0n) is 8.50. The minimum Gasteiger partial charge on any atom is -0.480 e. The average molecular weight is 183 g/mol. The standard InChI is InChI=1S/C10H17NO2/c1-4-6-8(3)10(5-2,7-11)9(12)13/h8H,4-6H2,1-3H3,(H,12,13). The summed E-state index contributed by atoms with van der Waals surface area (Å²) >= 11 is 0. The van der Waals surface area contributed by atoms with Gasteiger partial charge in [-0.2, -0.15) is 5.26 Å². The first kappa shape index (κ1) is 12.0. The number of carboxylic acids is 1. The molecule has 1 N–H and O–H groups in total. The number of hydrogen-bond donors (Lipinski definition) is 1. The summed E-state index contributed by atoms with van der Waals surface area (Å²) < 4.78 is 0. The molecule has 0 bridgehead atoms. The Morgan fingerprint density at radius 3 is 2.38 bits per heavy atom. The highest BCUT2D eigenvalue weighted by Crippen LogP contribution is 2.34. The van der Waals surface area contributed by atoms with Gasteiger partial charge in [0.05, 0.1) is 6.07 Å². The van der Waals surface area contributed by atoms with Crippen molar-refractivity contribution in [1.29, 1.82) is 5.26 Å². The third-order valence-electron chi connectivity index (χ3n) is 2.70. The van der Waals surface area contributed by atoms with Crippen LogP contribution in [0.5, 0.6) is 0 Å². The number of nitrogens with zero attached hydrogens (tertiary/aromatic N) is 1. The van der Waals surface area contributed by atoms with Gasteiger partial charge in [-0.05, 0) is 18.8 Å². The van der Waals surface area contributed by atoms with Gasteiger partial charge in [-0.3, -0.25) is 4.79 Å². The van der Waals surface area contributed by atoms with Crippen LogP contribution in [-0.2, 0) is 4.79 Å². The molecule has 0 aliphatic rings. The number of aliphatic carboxylic acids is 1. The Kier molecular flexibility index (Phi) is 4.47. The van der Waals surface area contributed by atoms with E-state index in [0.717, 1.165) is 12.8 Å². The fraction of sp³-hybridized carbons (Fsp3) is 0.800. The fourth-order valence-electron chi connectivity index (χ4n) is 1.63. The second-order valence-electron chi connectivity index (χ2n) is 3.43. The van der Waals surface area contributed by atoms with Crippen molar-refractivity contribution in [3.63, 3.8) is 0 Å². The number of carboxylic acid groups (broad SMARTS) is 1. The van der Waals surface area contributed by atoms with Gasteiger partial charge >= 0.3 is 5.97 Å². The summed E-state index contributed by atoms with van der Waals surface area (Å²) in [4.78, 5) is 11.0. The molecule has 0 aromatic carbocycles. The van der Waals surface area contributed by atoms with Gasteiger partial charge in [0.1, 0.15) is 0 Å². The van der Waals surface area contributed by atoms with Crippen LogP contribution in [0.3, 0.4) is 0 Å². The smallest absolute Gasteiger partial charge is 0.324 e. The van der Waals surface area contributed by atoms with Crippen LogP contribution in [0.2, 0.25) is 0 Å². The monoisotopic (exact) mass is 183 g/mol. The van der Waals surface area contributed by atoms with E-state index in [1.165, 1.54) is 0 Å². The Morgan fingerprint density at radius 2 is 2.15 bits per heavy atom. The van der Waals surface area contributed by atoms with Crippen LogP contribution in [-0.4, -0.2) is 11.1 Å². The Hall–Kier alpha value is -1.04. The first-order chi connectivity index (χ1) is 6.05. The quantitative estimate of drug-likeness (QED) is 0.712. The second-order valence-corrected chi connectivity index (χ2v) is 3.43. The SMILES string of the molecule is CCCC(C)C(C#N)(CC)C(=O)O. The summed E-state index contributed by atoms with van der Waals surface area (Å²) in [5.74, 6) is -1.07. The van der Waals surface area contributed by atoms with Gasteiger partial charge in [0, 0.05) is 0 Å². The zero-order valence-corrected chi connectivity index (χ0v) is 8.50. The van der Waals surface area contributed by atoms with Crippen LogP contribution in [0.15, 0.2) is 0 Å². The van der Waals surface area contributed by atoms with Gasteiger partial charge in [0.25, 0.3) is 0 Å². The summed E-state index contributed by atoms with van der Waals surface area (Å²) in [6.07, 6.45) is 2.07. The van der Waals surface area contributed by atoms with Crippen molar-refractivity contribution in [1.82, 2.24) is 0 Å². The number of carbonyl (C=O) groups is 1. The summed E-state index contributed by atoms with van der Waals surface area (Å²) in [5.41, 5.74) is -1.18. The minimum absolute atomic E-state index is 0.0787. The van der Waals surface area contributed by atoms with Crippen LogP contribution in [0.1, 0.15) is 40.0 Å².